The SMILES string of the molecule is COC(=O)N1CCN(C(=O)Nc2cc(OC)c(OC)c(OC)c2)CC1. The van der Waals surface area contributed by atoms with Gasteiger partial charge in [-0.3, -0.25) is 0 Å². The Labute approximate surface area is 146 Å². The van der Waals surface area contributed by atoms with Gasteiger partial charge in [0.2, 0.25) is 5.75 Å². The molecule has 1 heterocycles. The highest BCUT2D eigenvalue weighted by Crippen LogP contribution is 2.39. The first-order valence-corrected chi connectivity index (χ1v) is 7.72. The quantitative estimate of drug-likeness (QED) is 0.885. The Morgan fingerprint density at radius 1 is 0.880 bits per heavy atom. The summed E-state index contributed by atoms with van der Waals surface area (Å²) in [5.41, 5.74) is 0.523. The fraction of sp³-hybridized carbons (Fsp3) is 0.500. The smallest absolute Gasteiger partial charge is 0.409 e. The molecule has 1 fully saturated rings. The van der Waals surface area contributed by atoms with Gasteiger partial charge in [-0.15, -0.1) is 0 Å². The summed E-state index contributed by atoms with van der Waals surface area (Å²) >= 11 is 0. The highest BCUT2D eigenvalue weighted by atomic mass is 16.5. The van der Waals surface area contributed by atoms with Crippen molar-refractivity contribution >= 4 is 17.8 Å². The van der Waals surface area contributed by atoms with E-state index in [1.54, 1.807) is 21.9 Å². The van der Waals surface area contributed by atoms with Crippen LogP contribution in [0.15, 0.2) is 12.1 Å². The third-order valence-electron chi connectivity index (χ3n) is 3.92. The maximum atomic E-state index is 12.4. The fourth-order valence-corrected chi connectivity index (χ4v) is 2.58. The number of carbonyl (C=O) groups excluding carboxylic acids is 2. The van der Waals surface area contributed by atoms with Gasteiger partial charge in [0.05, 0.1) is 34.1 Å². The van der Waals surface area contributed by atoms with E-state index in [0.717, 1.165) is 0 Å². The molecule has 0 saturated carbocycles. The molecule has 0 aliphatic carbocycles. The Morgan fingerprint density at radius 3 is 1.84 bits per heavy atom. The number of nitrogens with one attached hydrogen (secondary N) is 1. The number of carbonyl (C=O) groups is 2. The number of piperazine rings is 1. The van der Waals surface area contributed by atoms with Gasteiger partial charge in [-0.2, -0.15) is 0 Å². The van der Waals surface area contributed by atoms with E-state index in [0.29, 0.717) is 49.1 Å². The molecule has 0 atom stereocenters. The molecule has 0 aromatic heterocycles. The number of rotatable bonds is 4. The number of ether oxygens (including phenoxy) is 4. The minimum atomic E-state index is -0.385. The lowest BCUT2D eigenvalue weighted by molar-refractivity contribution is 0.0992. The van der Waals surface area contributed by atoms with Crippen LogP contribution in [0.2, 0.25) is 0 Å². The number of benzene rings is 1. The summed E-state index contributed by atoms with van der Waals surface area (Å²) in [5, 5.41) is 2.81. The van der Waals surface area contributed by atoms with E-state index in [4.69, 9.17) is 14.2 Å². The molecule has 1 aliphatic rings. The zero-order valence-corrected chi connectivity index (χ0v) is 14.8. The minimum absolute atomic E-state index is 0.265. The predicted molar refractivity (Wildman–Crippen MR) is 90.7 cm³/mol. The molecular formula is C16H23N3O6. The Hall–Kier alpha value is -2.84. The van der Waals surface area contributed by atoms with Gasteiger partial charge in [0.15, 0.2) is 11.5 Å². The second-order valence-electron chi connectivity index (χ2n) is 5.29. The molecule has 138 valence electrons. The van der Waals surface area contributed by atoms with E-state index >= 15 is 0 Å². The molecule has 1 N–H and O–H groups in total. The molecular weight excluding hydrogens is 330 g/mol. The Balaban J connectivity index is 2.05. The van der Waals surface area contributed by atoms with Gasteiger partial charge < -0.3 is 34.1 Å². The van der Waals surface area contributed by atoms with Crippen molar-refractivity contribution in [3.8, 4) is 17.2 Å². The highest BCUT2D eigenvalue weighted by Gasteiger charge is 2.25. The average molecular weight is 353 g/mol. The molecule has 1 aliphatic heterocycles. The highest BCUT2D eigenvalue weighted by molar-refractivity contribution is 5.90. The number of nitrogens with zero attached hydrogens (tertiary/aromatic N) is 2. The van der Waals surface area contributed by atoms with Crippen molar-refractivity contribution in [1.82, 2.24) is 9.80 Å². The van der Waals surface area contributed by atoms with E-state index in [1.807, 2.05) is 0 Å². The van der Waals surface area contributed by atoms with Crippen molar-refractivity contribution in [3.05, 3.63) is 12.1 Å². The minimum Gasteiger partial charge on any atom is -0.493 e. The number of amides is 3. The molecule has 25 heavy (non-hydrogen) atoms. The summed E-state index contributed by atoms with van der Waals surface area (Å²) in [6.07, 6.45) is -0.385. The number of hydrogen-bond acceptors (Lipinski definition) is 6. The van der Waals surface area contributed by atoms with Crippen molar-refractivity contribution in [3.63, 3.8) is 0 Å². The summed E-state index contributed by atoms with van der Waals surface area (Å²) in [4.78, 5) is 27.1. The van der Waals surface area contributed by atoms with Crippen LogP contribution in [0.5, 0.6) is 17.2 Å². The van der Waals surface area contributed by atoms with Crippen LogP contribution in [0.4, 0.5) is 15.3 Å². The Kier molecular flexibility index (Phi) is 6.15. The van der Waals surface area contributed by atoms with Crippen LogP contribution >= 0.6 is 0 Å². The van der Waals surface area contributed by atoms with Crippen LogP contribution in [0, 0.1) is 0 Å². The van der Waals surface area contributed by atoms with Gasteiger partial charge in [0, 0.05) is 38.3 Å². The summed E-state index contributed by atoms with van der Waals surface area (Å²) in [6, 6.07) is 3.05. The van der Waals surface area contributed by atoms with E-state index in [1.165, 1.54) is 28.4 Å². The van der Waals surface area contributed by atoms with Crippen molar-refractivity contribution < 1.29 is 28.5 Å². The van der Waals surface area contributed by atoms with Crippen LogP contribution in [0.1, 0.15) is 0 Å². The summed E-state index contributed by atoms with van der Waals surface area (Å²) in [6.45, 7) is 1.70. The first-order chi connectivity index (χ1) is 12.0. The Bertz CT molecular complexity index is 603. The molecule has 9 nitrogen and oxygen atoms in total. The predicted octanol–water partition coefficient (Wildman–Crippen LogP) is 1.63. The van der Waals surface area contributed by atoms with E-state index in [-0.39, 0.29) is 12.1 Å². The number of methoxy groups -OCH3 is 4. The van der Waals surface area contributed by atoms with Crippen LogP contribution in [-0.4, -0.2) is 76.5 Å². The van der Waals surface area contributed by atoms with Crippen molar-refractivity contribution in [1.29, 1.82) is 0 Å². The molecule has 9 heteroatoms. The van der Waals surface area contributed by atoms with Crippen molar-refractivity contribution in [2.45, 2.75) is 0 Å². The van der Waals surface area contributed by atoms with Gasteiger partial charge in [-0.1, -0.05) is 0 Å². The maximum Gasteiger partial charge on any atom is 0.409 e. The lowest BCUT2D eigenvalue weighted by Gasteiger charge is -2.33. The third kappa shape index (κ3) is 4.17. The van der Waals surface area contributed by atoms with E-state index < -0.39 is 0 Å². The average Bonchev–Trinajstić information content (AvgIpc) is 2.66. The van der Waals surface area contributed by atoms with Gasteiger partial charge in [0.25, 0.3) is 0 Å². The number of urea groups is 1. The first-order valence-electron chi connectivity index (χ1n) is 7.72. The largest absolute Gasteiger partial charge is 0.493 e. The van der Waals surface area contributed by atoms with E-state index in [2.05, 4.69) is 10.1 Å². The maximum absolute atomic E-state index is 12.4. The van der Waals surface area contributed by atoms with Crippen molar-refractivity contribution in [2.24, 2.45) is 0 Å². The second kappa shape index (κ2) is 8.32. The molecule has 0 spiro atoms. The monoisotopic (exact) mass is 353 g/mol. The van der Waals surface area contributed by atoms with Gasteiger partial charge >= 0.3 is 12.1 Å². The number of hydrogen-bond donors (Lipinski definition) is 1. The third-order valence-corrected chi connectivity index (χ3v) is 3.92. The summed E-state index contributed by atoms with van der Waals surface area (Å²) < 4.78 is 20.5. The molecule has 0 unspecified atom stereocenters. The van der Waals surface area contributed by atoms with Crippen LogP contribution in [0.25, 0.3) is 0 Å². The lowest BCUT2D eigenvalue weighted by Crippen LogP contribution is -2.51. The molecule has 1 aromatic rings. The molecule has 2 rings (SSSR count). The van der Waals surface area contributed by atoms with Crippen LogP contribution in [0.3, 0.4) is 0 Å². The first kappa shape index (κ1) is 18.5. The summed E-state index contributed by atoms with van der Waals surface area (Å²) in [5.74, 6) is 1.36. The molecule has 3 amide bonds. The van der Waals surface area contributed by atoms with Gasteiger partial charge in [-0.05, 0) is 0 Å². The second-order valence-corrected chi connectivity index (χ2v) is 5.29. The molecule has 1 saturated heterocycles. The topological polar surface area (TPSA) is 89.6 Å². The van der Waals surface area contributed by atoms with E-state index in [9.17, 15) is 9.59 Å². The van der Waals surface area contributed by atoms with Gasteiger partial charge in [-0.25, -0.2) is 9.59 Å². The molecule has 0 radical (unpaired) electrons. The van der Waals surface area contributed by atoms with Gasteiger partial charge in [0.1, 0.15) is 0 Å². The molecule has 0 bridgehead atoms. The van der Waals surface area contributed by atoms with Crippen molar-refractivity contribution in [2.75, 3.05) is 59.9 Å². The normalized spacial score (nSPS) is 13.9. The number of anilines is 1. The molecule has 1 aromatic carbocycles. The van der Waals surface area contributed by atoms with Crippen LogP contribution in [-0.2, 0) is 4.74 Å². The summed E-state index contributed by atoms with van der Waals surface area (Å²) in [7, 11) is 5.87. The standard InChI is InChI=1S/C16H23N3O6/c1-22-12-9-11(10-13(23-2)14(12)24-3)17-15(20)18-5-7-19(8-6-18)16(21)25-4/h9-10H,5-8H2,1-4H3,(H,17,20). The zero-order chi connectivity index (χ0) is 18.4. The zero-order valence-electron chi connectivity index (χ0n) is 14.8. The Morgan fingerprint density at radius 2 is 1.40 bits per heavy atom. The lowest BCUT2D eigenvalue weighted by atomic mass is 10.2. The fourth-order valence-electron chi connectivity index (χ4n) is 2.58. The van der Waals surface area contributed by atoms with Crippen LogP contribution < -0.4 is 19.5 Å².